The lowest BCUT2D eigenvalue weighted by Gasteiger charge is -2.33. The molecule has 41 heavy (non-hydrogen) atoms. The van der Waals surface area contributed by atoms with Crippen LogP contribution in [0.15, 0.2) is 71.6 Å². The summed E-state index contributed by atoms with van der Waals surface area (Å²) >= 11 is 12.7. The second-order valence-electron chi connectivity index (χ2n) is 9.51. The number of carbonyl (C=O) groups excluding carboxylic acids is 2. The fraction of sp³-hybridized carbons (Fsp3) is 0.333. The van der Waals surface area contributed by atoms with Crippen LogP contribution in [0.4, 0.5) is 5.69 Å². The number of hydrogen-bond acceptors (Lipinski definition) is 5. The molecule has 220 valence electrons. The second-order valence-corrected chi connectivity index (χ2v) is 12.2. The minimum absolute atomic E-state index is 0.0126. The van der Waals surface area contributed by atoms with Crippen LogP contribution < -0.4 is 14.4 Å². The molecule has 0 aliphatic carbocycles. The number of carbonyl (C=O) groups is 2. The Hall–Kier alpha value is -3.27. The maximum Gasteiger partial charge on any atom is 0.264 e. The molecule has 0 aliphatic heterocycles. The fourth-order valence-electron chi connectivity index (χ4n) is 4.24. The van der Waals surface area contributed by atoms with Crippen molar-refractivity contribution in [3.05, 3.63) is 87.9 Å². The van der Waals surface area contributed by atoms with Crippen LogP contribution >= 0.6 is 23.2 Å². The van der Waals surface area contributed by atoms with Gasteiger partial charge in [0.25, 0.3) is 10.0 Å². The van der Waals surface area contributed by atoms with E-state index in [9.17, 15) is 18.0 Å². The third-order valence-electron chi connectivity index (χ3n) is 6.51. The van der Waals surface area contributed by atoms with Crippen LogP contribution in [0.5, 0.6) is 5.75 Å². The van der Waals surface area contributed by atoms with E-state index in [1.165, 1.54) is 35.2 Å². The van der Waals surface area contributed by atoms with Crippen molar-refractivity contribution in [2.24, 2.45) is 0 Å². The lowest BCUT2D eigenvalue weighted by atomic mass is 10.1. The van der Waals surface area contributed by atoms with Gasteiger partial charge in [0.05, 0.1) is 22.7 Å². The highest BCUT2D eigenvalue weighted by molar-refractivity contribution is 7.92. The van der Waals surface area contributed by atoms with Gasteiger partial charge in [0.15, 0.2) is 0 Å². The van der Waals surface area contributed by atoms with Gasteiger partial charge in [-0.3, -0.25) is 13.9 Å². The third-order valence-corrected chi connectivity index (χ3v) is 8.84. The van der Waals surface area contributed by atoms with Crippen LogP contribution in [0.1, 0.15) is 37.8 Å². The normalized spacial score (nSPS) is 12.0. The molecular weight excluding hydrogens is 585 g/mol. The molecule has 1 N–H and O–H groups in total. The van der Waals surface area contributed by atoms with Crippen LogP contribution in [0.2, 0.25) is 10.0 Å². The fourth-order valence-corrected chi connectivity index (χ4v) is 6.10. The van der Waals surface area contributed by atoms with Crippen LogP contribution in [-0.2, 0) is 26.2 Å². The van der Waals surface area contributed by atoms with E-state index in [2.05, 4.69) is 5.32 Å². The number of halogens is 2. The molecule has 0 saturated heterocycles. The number of nitrogens with one attached hydrogen (secondary N) is 1. The maximum atomic E-state index is 14.1. The molecule has 8 nitrogen and oxygen atoms in total. The molecule has 3 rings (SSSR count). The number of amides is 2. The van der Waals surface area contributed by atoms with E-state index in [4.69, 9.17) is 27.9 Å². The SMILES string of the molecule is CCCNC(=O)[C@@H](CC)N(Cc1ccc(OC)cc1)C(=O)CN(c1cc(Cl)ccc1Cl)S(=O)(=O)c1ccc(C)cc1. The summed E-state index contributed by atoms with van der Waals surface area (Å²) in [6, 6.07) is 17.0. The van der Waals surface area contributed by atoms with E-state index in [1.807, 2.05) is 13.8 Å². The monoisotopic (exact) mass is 619 g/mol. The smallest absolute Gasteiger partial charge is 0.264 e. The van der Waals surface area contributed by atoms with E-state index in [0.717, 1.165) is 21.9 Å². The molecule has 3 aromatic rings. The Labute approximate surface area is 252 Å². The summed E-state index contributed by atoms with van der Waals surface area (Å²) in [5.74, 6) is -0.249. The Kier molecular flexibility index (Phi) is 11.5. The van der Waals surface area contributed by atoms with E-state index in [1.54, 1.807) is 50.4 Å². The zero-order valence-corrected chi connectivity index (χ0v) is 25.9. The first-order valence-corrected chi connectivity index (χ1v) is 15.5. The van der Waals surface area contributed by atoms with Crippen molar-refractivity contribution in [2.45, 2.75) is 51.1 Å². The summed E-state index contributed by atoms with van der Waals surface area (Å²) in [6.45, 7) is 5.50. The summed E-state index contributed by atoms with van der Waals surface area (Å²) in [5, 5.41) is 3.22. The van der Waals surface area contributed by atoms with Gasteiger partial charge in [-0.1, -0.05) is 66.9 Å². The molecular formula is C30H35Cl2N3O5S. The van der Waals surface area contributed by atoms with Gasteiger partial charge >= 0.3 is 0 Å². The van der Waals surface area contributed by atoms with Crippen LogP contribution in [0.3, 0.4) is 0 Å². The molecule has 0 unspecified atom stereocenters. The minimum Gasteiger partial charge on any atom is -0.497 e. The molecule has 11 heteroatoms. The summed E-state index contributed by atoms with van der Waals surface area (Å²) in [4.78, 5) is 28.7. The highest BCUT2D eigenvalue weighted by Gasteiger charge is 2.34. The molecule has 0 aliphatic rings. The number of ether oxygens (including phenoxy) is 1. The Morgan fingerprint density at radius 3 is 2.22 bits per heavy atom. The number of benzene rings is 3. The predicted octanol–water partition coefficient (Wildman–Crippen LogP) is 5.84. The number of sulfonamides is 1. The number of aryl methyl sites for hydroxylation is 1. The zero-order valence-electron chi connectivity index (χ0n) is 23.6. The Balaban J connectivity index is 2.08. The minimum atomic E-state index is -4.26. The summed E-state index contributed by atoms with van der Waals surface area (Å²) in [5.41, 5.74) is 1.68. The third kappa shape index (κ3) is 8.15. The second kappa shape index (κ2) is 14.6. The number of rotatable bonds is 13. The molecule has 0 saturated carbocycles. The van der Waals surface area contributed by atoms with Gasteiger partial charge < -0.3 is 15.0 Å². The molecule has 0 aromatic heterocycles. The average Bonchev–Trinajstić information content (AvgIpc) is 2.96. The van der Waals surface area contributed by atoms with Crippen molar-refractivity contribution in [3.63, 3.8) is 0 Å². The van der Waals surface area contributed by atoms with Crippen molar-refractivity contribution in [1.82, 2.24) is 10.2 Å². The van der Waals surface area contributed by atoms with Gasteiger partial charge in [-0.2, -0.15) is 0 Å². The lowest BCUT2D eigenvalue weighted by molar-refractivity contribution is -0.140. The standard InChI is InChI=1S/C30H35Cl2N3O5S/c1-5-17-33-30(37)27(6-2)34(19-22-9-12-24(40-4)13-10-22)29(36)20-35(28-18-23(31)11-16-26(28)32)41(38,39)25-14-7-21(3)8-15-25/h7-16,18,27H,5-6,17,19-20H2,1-4H3,(H,33,37)/t27-/m1/s1. The molecule has 0 bridgehead atoms. The largest absolute Gasteiger partial charge is 0.497 e. The zero-order chi connectivity index (χ0) is 30.2. The number of hydrogen-bond donors (Lipinski definition) is 1. The van der Waals surface area contributed by atoms with Gasteiger partial charge in [-0.25, -0.2) is 8.42 Å². The van der Waals surface area contributed by atoms with E-state index < -0.39 is 28.5 Å². The highest BCUT2D eigenvalue weighted by Crippen LogP contribution is 2.33. The molecule has 0 fully saturated rings. The first kappa shape index (κ1) is 32.2. The lowest BCUT2D eigenvalue weighted by Crippen LogP contribution is -2.52. The topological polar surface area (TPSA) is 96.0 Å². The first-order valence-electron chi connectivity index (χ1n) is 13.3. The summed E-state index contributed by atoms with van der Waals surface area (Å²) in [7, 11) is -2.71. The van der Waals surface area contributed by atoms with Gasteiger partial charge in [-0.15, -0.1) is 0 Å². The van der Waals surface area contributed by atoms with Gasteiger partial charge in [-0.05, 0) is 67.8 Å². The Bertz CT molecular complexity index is 1450. The molecule has 3 aromatic carbocycles. The van der Waals surface area contributed by atoms with Gasteiger partial charge in [0.1, 0.15) is 18.3 Å². The van der Waals surface area contributed by atoms with Crippen molar-refractivity contribution in [3.8, 4) is 5.75 Å². The maximum absolute atomic E-state index is 14.1. The number of nitrogens with zero attached hydrogens (tertiary/aromatic N) is 2. The first-order chi connectivity index (χ1) is 19.5. The van der Waals surface area contributed by atoms with Crippen molar-refractivity contribution >= 4 is 50.7 Å². The Morgan fingerprint density at radius 2 is 1.63 bits per heavy atom. The number of methoxy groups -OCH3 is 1. The van der Waals surface area contributed by atoms with Crippen molar-refractivity contribution < 1.29 is 22.7 Å². The molecule has 0 heterocycles. The van der Waals surface area contributed by atoms with Crippen LogP contribution in [0, 0.1) is 6.92 Å². The predicted molar refractivity (Wildman–Crippen MR) is 163 cm³/mol. The molecule has 2 amide bonds. The van der Waals surface area contributed by atoms with Gasteiger partial charge in [0.2, 0.25) is 11.8 Å². The molecule has 0 radical (unpaired) electrons. The quantitative estimate of drug-likeness (QED) is 0.259. The highest BCUT2D eigenvalue weighted by atomic mass is 35.5. The Morgan fingerprint density at radius 1 is 0.976 bits per heavy atom. The number of anilines is 1. The molecule has 1 atom stereocenters. The summed E-state index contributed by atoms with van der Waals surface area (Å²) < 4.78 is 34.1. The average molecular weight is 621 g/mol. The van der Waals surface area contributed by atoms with Gasteiger partial charge in [0, 0.05) is 18.1 Å². The molecule has 0 spiro atoms. The van der Waals surface area contributed by atoms with Crippen LogP contribution in [-0.4, -0.2) is 51.4 Å². The van der Waals surface area contributed by atoms with E-state index >= 15 is 0 Å². The van der Waals surface area contributed by atoms with E-state index in [0.29, 0.717) is 18.7 Å². The van der Waals surface area contributed by atoms with E-state index in [-0.39, 0.29) is 33.1 Å². The van der Waals surface area contributed by atoms with Crippen LogP contribution in [0.25, 0.3) is 0 Å². The summed E-state index contributed by atoms with van der Waals surface area (Å²) in [6.07, 6.45) is 1.05. The van der Waals surface area contributed by atoms with Crippen molar-refractivity contribution in [2.75, 3.05) is 24.5 Å². The van der Waals surface area contributed by atoms with Crippen molar-refractivity contribution in [1.29, 1.82) is 0 Å².